The summed E-state index contributed by atoms with van der Waals surface area (Å²) in [7, 11) is 0. The number of fused-ring (bicyclic) bond motifs is 1. The molecule has 1 aliphatic heterocycles. The highest BCUT2D eigenvalue weighted by Crippen LogP contribution is 2.37. The number of amides is 1. The van der Waals surface area contributed by atoms with E-state index in [1.807, 2.05) is 6.92 Å². The Balaban J connectivity index is 1.61. The second kappa shape index (κ2) is 4.90. The first-order valence-electron chi connectivity index (χ1n) is 6.80. The number of H-pyrrole nitrogens is 1. The number of rotatable bonds is 4. The molecule has 1 aromatic heterocycles. The highest BCUT2D eigenvalue weighted by molar-refractivity contribution is 5.90. The average molecular weight is 265 g/mol. The van der Waals surface area contributed by atoms with E-state index in [2.05, 4.69) is 20.5 Å². The molecule has 2 heterocycles. The number of nitrogens with zero attached hydrogens (tertiary/aromatic N) is 2. The van der Waals surface area contributed by atoms with Crippen LogP contribution in [0.4, 0.5) is 0 Å². The van der Waals surface area contributed by atoms with Gasteiger partial charge in [0, 0.05) is 25.0 Å². The molecule has 4 atom stereocenters. The molecule has 19 heavy (non-hydrogen) atoms. The quantitative estimate of drug-likeness (QED) is 0.687. The third kappa shape index (κ3) is 2.12. The Hall–Kier alpha value is -1.47. The molecule has 0 radical (unpaired) electrons. The van der Waals surface area contributed by atoms with Gasteiger partial charge in [0.15, 0.2) is 0 Å². The van der Waals surface area contributed by atoms with Crippen LogP contribution in [0.3, 0.4) is 0 Å². The van der Waals surface area contributed by atoms with Crippen molar-refractivity contribution in [1.29, 1.82) is 0 Å². The van der Waals surface area contributed by atoms with Crippen LogP contribution in [-0.4, -0.2) is 45.9 Å². The lowest BCUT2D eigenvalue weighted by Gasteiger charge is -2.45. The molecule has 2 fully saturated rings. The van der Waals surface area contributed by atoms with E-state index in [0.29, 0.717) is 5.92 Å². The Morgan fingerprint density at radius 1 is 1.63 bits per heavy atom. The Labute approximate surface area is 111 Å². The van der Waals surface area contributed by atoms with Crippen molar-refractivity contribution in [2.24, 2.45) is 11.7 Å². The summed E-state index contributed by atoms with van der Waals surface area (Å²) in [6.45, 7) is 2.78. The summed E-state index contributed by atoms with van der Waals surface area (Å²) in [5.74, 6) is 1.01. The van der Waals surface area contributed by atoms with Crippen LogP contribution in [-0.2, 0) is 11.2 Å². The summed E-state index contributed by atoms with van der Waals surface area (Å²) in [5.41, 5.74) is 6.04. The molecule has 7 nitrogen and oxygen atoms in total. The molecule has 1 saturated carbocycles. The Morgan fingerprint density at radius 2 is 2.47 bits per heavy atom. The van der Waals surface area contributed by atoms with E-state index in [4.69, 9.17) is 10.5 Å². The monoisotopic (exact) mass is 265 g/mol. The van der Waals surface area contributed by atoms with Gasteiger partial charge in [0.05, 0.1) is 12.1 Å². The molecule has 7 heteroatoms. The molecule has 0 aromatic carbocycles. The number of carbonyl (C=O) groups excluding carboxylic acids is 1. The van der Waals surface area contributed by atoms with Crippen LogP contribution in [0.25, 0.3) is 0 Å². The third-order valence-corrected chi connectivity index (χ3v) is 3.97. The van der Waals surface area contributed by atoms with Crippen LogP contribution in [0.2, 0.25) is 0 Å². The largest absolute Gasteiger partial charge is 0.376 e. The zero-order valence-corrected chi connectivity index (χ0v) is 10.9. The number of aromatic nitrogens is 3. The van der Waals surface area contributed by atoms with Gasteiger partial charge in [-0.2, -0.15) is 0 Å². The Bertz CT molecular complexity index is 474. The van der Waals surface area contributed by atoms with Crippen molar-refractivity contribution in [3.63, 3.8) is 0 Å². The second-order valence-corrected chi connectivity index (χ2v) is 5.22. The zero-order valence-electron chi connectivity index (χ0n) is 10.9. The lowest BCUT2D eigenvalue weighted by Crippen LogP contribution is -2.69. The van der Waals surface area contributed by atoms with Gasteiger partial charge in [-0.3, -0.25) is 9.89 Å². The minimum absolute atomic E-state index is 0.0227. The number of carbonyl (C=O) groups is 1. The number of aromatic amines is 1. The molecule has 0 spiro atoms. The smallest absolute Gasteiger partial charge is 0.291 e. The van der Waals surface area contributed by atoms with Gasteiger partial charge in [-0.25, -0.2) is 4.98 Å². The van der Waals surface area contributed by atoms with Gasteiger partial charge in [-0.15, -0.1) is 5.10 Å². The normalized spacial score (nSPS) is 32.7. The highest BCUT2D eigenvalue weighted by atomic mass is 16.5. The van der Waals surface area contributed by atoms with Crippen LogP contribution < -0.4 is 11.1 Å². The molecule has 1 saturated heterocycles. The van der Waals surface area contributed by atoms with E-state index < -0.39 is 0 Å². The molecule has 1 aromatic rings. The zero-order chi connectivity index (χ0) is 13.4. The van der Waals surface area contributed by atoms with Crippen LogP contribution in [0, 0.1) is 5.92 Å². The van der Waals surface area contributed by atoms with Gasteiger partial charge in [-0.1, -0.05) is 6.92 Å². The summed E-state index contributed by atoms with van der Waals surface area (Å²) < 4.78 is 5.57. The summed E-state index contributed by atoms with van der Waals surface area (Å²) in [4.78, 5) is 16.2. The van der Waals surface area contributed by atoms with Gasteiger partial charge >= 0.3 is 0 Å². The number of hydrogen-bond donors (Lipinski definition) is 3. The van der Waals surface area contributed by atoms with Crippen molar-refractivity contribution in [1.82, 2.24) is 20.5 Å². The molecule has 1 aliphatic carbocycles. The molecule has 104 valence electrons. The first kappa shape index (κ1) is 12.6. The third-order valence-electron chi connectivity index (χ3n) is 3.97. The van der Waals surface area contributed by atoms with E-state index in [0.717, 1.165) is 31.7 Å². The maximum absolute atomic E-state index is 12.0. The molecule has 4 unspecified atom stereocenters. The lowest BCUT2D eigenvalue weighted by atomic mass is 9.72. The van der Waals surface area contributed by atoms with Crippen LogP contribution >= 0.6 is 0 Å². The number of aryl methyl sites for hydroxylation is 1. The molecule has 0 bridgehead atoms. The molecule has 2 aliphatic rings. The summed E-state index contributed by atoms with van der Waals surface area (Å²) in [6, 6.07) is -0.140. The fraction of sp³-hybridized carbons (Fsp3) is 0.750. The maximum Gasteiger partial charge on any atom is 0.291 e. The van der Waals surface area contributed by atoms with Gasteiger partial charge in [0.25, 0.3) is 5.91 Å². The molecule has 4 N–H and O–H groups in total. The predicted molar refractivity (Wildman–Crippen MR) is 67.5 cm³/mol. The van der Waals surface area contributed by atoms with Crippen molar-refractivity contribution in [2.45, 2.75) is 44.4 Å². The molecule has 1 amide bonds. The number of nitrogens with one attached hydrogen (secondary N) is 2. The van der Waals surface area contributed by atoms with Crippen molar-refractivity contribution in [3.05, 3.63) is 11.6 Å². The number of nitrogens with two attached hydrogens (primary N) is 1. The van der Waals surface area contributed by atoms with Crippen molar-refractivity contribution < 1.29 is 9.53 Å². The van der Waals surface area contributed by atoms with Gasteiger partial charge in [0.2, 0.25) is 5.82 Å². The number of hydrogen-bond acceptors (Lipinski definition) is 5. The second-order valence-electron chi connectivity index (χ2n) is 5.22. The minimum Gasteiger partial charge on any atom is -0.376 e. The minimum atomic E-state index is -0.284. The molecular formula is C12H19N5O2. The molecule has 3 rings (SSSR count). The van der Waals surface area contributed by atoms with Crippen LogP contribution in [0.5, 0.6) is 0 Å². The van der Waals surface area contributed by atoms with E-state index in [1.165, 1.54) is 0 Å². The van der Waals surface area contributed by atoms with Gasteiger partial charge in [0.1, 0.15) is 5.82 Å². The summed E-state index contributed by atoms with van der Waals surface area (Å²) >= 11 is 0. The summed E-state index contributed by atoms with van der Waals surface area (Å²) in [6.07, 6.45) is 2.80. The fourth-order valence-corrected chi connectivity index (χ4v) is 2.89. The Kier molecular flexibility index (Phi) is 3.24. The first-order chi connectivity index (χ1) is 9.20. The highest BCUT2D eigenvalue weighted by Gasteiger charge is 2.52. The average Bonchev–Trinajstić information content (AvgIpc) is 3.02. The number of ether oxygens (including phenoxy) is 1. The maximum atomic E-state index is 12.0. The van der Waals surface area contributed by atoms with Gasteiger partial charge in [-0.05, 0) is 12.8 Å². The van der Waals surface area contributed by atoms with Crippen molar-refractivity contribution in [3.8, 4) is 0 Å². The fourth-order valence-electron chi connectivity index (χ4n) is 2.89. The first-order valence-corrected chi connectivity index (χ1v) is 6.80. The van der Waals surface area contributed by atoms with Crippen LogP contribution in [0.1, 0.15) is 36.2 Å². The van der Waals surface area contributed by atoms with E-state index in [1.54, 1.807) is 0 Å². The van der Waals surface area contributed by atoms with E-state index >= 15 is 0 Å². The standard InChI is InChI=1S/C12H19N5O2/c1-2-3-7-14-11(17-16-7)12(18)15-9-8(13)6-4-5-19-10(6)9/h6,8-10H,2-5,13H2,1H3,(H,15,18)(H,14,16,17). The van der Waals surface area contributed by atoms with Crippen molar-refractivity contribution >= 4 is 5.91 Å². The summed E-state index contributed by atoms with van der Waals surface area (Å²) in [5, 5.41) is 9.57. The van der Waals surface area contributed by atoms with Crippen molar-refractivity contribution in [2.75, 3.05) is 6.61 Å². The Morgan fingerprint density at radius 3 is 3.26 bits per heavy atom. The van der Waals surface area contributed by atoms with E-state index in [9.17, 15) is 4.79 Å². The van der Waals surface area contributed by atoms with E-state index in [-0.39, 0.29) is 29.9 Å². The van der Waals surface area contributed by atoms with Gasteiger partial charge < -0.3 is 15.8 Å². The SMILES string of the molecule is CCCc1nc(C(=O)NC2C(N)C3CCOC32)n[nH]1. The molecular weight excluding hydrogens is 246 g/mol. The van der Waals surface area contributed by atoms with Crippen LogP contribution in [0.15, 0.2) is 0 Å². The lowest BCUT2D eigenvalue weighted by molar-refractivity contribution is -0.0162. The topological polar surface area (TPSA) is 106 Å². The predicted octanol–water partition coefficient (Wildman–Crippen LogP) is -0.398.